The molecule has 0 bridgehead atoms. The third-order valence-electron chi connectivity index (χ3n) is 3.80. The van der Waals surface area contributed by atoms with Crippen molar-refractivity contribution in [3.8, 4) is 0 Å². The summed E-state index contributed by atoms with van der Waals surface area (Å²) < 4.78 is 13.3. The third kappa shape index (κ3) is 4.76. The van der Waals surface area contributed by atoms with Gasteiger partial charge in [0.15, 0.2) is 5.11 Å². The molecule has 2 aromatic rings. The summed E-state index contributed by atoms with van der Waals surface area (Å²) in [6, 6.07) is 12.8. The van der Waals surface area contributed by atoms with Crippen molar-refractivity contribution in [1.29, 1.82) is 0 Å². The maximum atomic E-state index is 13.3. The van der Waals surface area contributed by atoms with Crippen LogP contribution in [0.1, 0.15) is 36.6 Å². The van der Waals surface area contributed by atoms with E-state index in [2.05, 4.69) is 56.5 Å². The molecule has 0 aliphatic carbocycles. The normalized spacial score (nSPS) is 12.1. The van der Waals surface area contributed by atoms with E-state index < -0.39 is 0 Å². The lowest BCUT2D eigenvalue weighted by molar-refractivity contribution is 0.471. The first kappa shape index (κ1) is 17.4. The monoisotopic (exact) mass is 330 g/mol. The van der Waals surface area contributed by atoms with Gasteiger partial charge in [0.25, 0.3) is 0 Å². The molecular formula is C19H23FN2S. The Morgan fingerprint density at radius 1 is 1.09 bits per heavy atom. The molecule has 0 aliphatic heterocycles. The van der Waals surface area contributed by atoms with Crippen LogP contribution in [-0.2, 0) is 0 Å². The molecule has 1 unspecified atom stereocenters. The summed E-state index contributed by atoms with van der Waals surface area (Å²) in [6.07, 6.45) is 0. The lowest BCUT2D eigenvalue weighted by Crippen LogP contribution is -2.35. The van der Waals surface area contributed by atoms with Gasteiger partial charge in [0, 0.05) is 5.69 Å². The van der Waals surface area contributed by atoms with Crippen molar-refractivity contribution in [2.75, 3.05) is 5.32 Å². The standard InChI is InChI=1S/C19H23FN2S/c1-12(2)18(17-9-8-13(3)10-14(17)4)22-19(23)21-16-7-5-6-15(20)11-16/h5-12,18H,1-4H3,(H2,21,22,23). The average Bonchev–Trinajstić information content (AvgIpc) is 2.45. The molecular weight excluding hydrogens is 307 g/mol. The van der Waals surface area contributed by atoms with Gasteiger partial charge in [-0.15, -0.1) is 0 Å². The van der Waals surface area contributed by atoms with Crippen molar-refractivity contribution in [1.82, 2.24) is 5.32 Å². The van der Waals surface area contributed by atoms with Crippen molar-refractivity contribution in [2.45, 2.75) is 33.7 Å². The molecule has 0 saturated heterocycles. The van der Waals surface area contributed by atoms with E-state index in [9.17, 15) is 4.39 Å². The number of nitrogens with one attached hydrogen (secondary N) is 2. The third-order valence-corrected chi connectivity index (χ3v) is 4.02. The van der Waals surface area contributed by atoms with Gasteiger partial charge in [-0.3, -0.25) is 0 Å². The molecule has 2 aromatic carbocycles. The second kappa shape index (κ2) is 7.55. The van der Waals surface area contributed by atoms with Crippen molar-refractivity contribution in [3.63, 3.8) is 0 Å². The van der Waals surface area contributed by atoms with E-state index in [4.69, 9.17) is 12.2 Å². The summed E-state index contributed by atoms with van der Waals surface area (Å²) in [5.74, 6) is 0.0799. The van der Waals surface area contributed by atoms with Crippen LogP contribution >= 0.6 is 12.2 Å². The van der Waals surface area contributed by atoms with Gasteiger partial charge in [-0.1, -0.05) is 43.7 Å². The van der Waals surface area contributed by atoms with E-state index in [0.29, 0.717) is 16.7 Å². The predicted octanol–water partition coefficient (Wildman–Crippen LogP) is 5.13. The van der Waals surface area contributed by atoms with Gasteiger partial charge in [0.1, 0.15) is 5.82 Å². The largest absolute Gasteiger partial charge is 0.355 e. The number of benzene rings is 2. The first-order valence-corrected chi connectivity index (χ1v) is 8.18. The Morgan fingerprint density at radius 2 is 1.83 bits per heavy atom. The molecule has 0 aliphatic rings. The summed E-state index contributed by atoms with van der Waals surface area (Å²) >= 11 is 5.40. The maximum absolute atomic E-state index is 13.3. The van der Waals surface area contributed by atoms with E-state index in [1.165, 1.54) is 28.8 Å². The van der Waals surface area contributed by atoms with Crippen LogP contribution in [0.15, 0.2) is 42.5 Å². The number of hydrogen-bond donors (Lipinski definition) is 2. The first-order chi connectivity index (χ1) is 10.9. The number of anilines is 1. The Morgan fingerprint density at radius 3 is 2.43 bits per heavy atom. The predicted molar refractivity (Wildman–Crippen MR) is 99.3 cm³/mol. The first-order valence-electron chi connectivity index (χ1n) is 7.77. The number of aryl methyl sites for hydroxylation is 2. The van der Waals surface area contributed by atoms with Crippen LogP contribution in [0.4, 0.5) is 10.1 Å². The zero-order chi connectivity index (χ0) is 17.0. The molecule has 1 atom stereocenters. The molecule has 0 spiro atoms. The highest BCUT2D eigenvalue weighted by molar-refractivity contribution is 7.80. The van der Waals surface area contributed by atoms with Crippen molar-refractivity contribution in [2.24, 2.45) is 5.92 Å². The zero-order valence-corrected chi connectivity index (χ0v) is 14.8. The molecule has 0 aromatic heterocycles. The van der Waals surface area contributed by atoms with Gasteiger partial charge < -0.3 is 10.6 Å². The number of halogens is 1. The number of hydrogen-bond acceptors (Lipinski definition) is 1. The van der Waals surface area contributed by atoms with Gasteiger partial charge in [0.2, 0.25) is 0 Å². The highest BCUT2D eigenvalue weighted by Gasteiger charge is 2.18. The van der Waals surface area contributed by atoms with Crippen LogP contribution in [0, 0.1) is 25.6 Å². The smallest absolute Gasteiger partial charge is 0.171 e. The molecule has 2 N–H and O–H groups in total. The van der Waals surface area contributed by atoms with E-state index in [1.54, 1.807) is 12.1 Å². The minimum atomic E-state index is -0.285. The maximum Gasteiger partial charge on any atom is 0.171 e. The van der Waals surface area contributed by atoms with Crippen molar-refractivity contribution in [3.05, 3.63) is 65.0 Å². The Kier molecular flexibility index (Phi) is 5.72. The summed E-state index contributed by atoms with van der Waals surface area (Å²) in [4.78, 5) is 0. The molecule has 23 heavy (non-hydrogen) atoms. The Labute approximate surface area is 143 Å². The second-order valence-corrected chi connectivity index (χ2v) is 6.60. The van der Waals surface area contributed by atoms with Gasteiger partial charge in [-0.05, 0) is 61.3 Å². The Hall–Kier alpha value is -1.94. The summed E-state index contributed by atoms with van der Waals surface area (Å²) in [5, 5.41) is 6.90. The highest BCUT2D eigenvalue weighted by atomic mass is 32.1. The Bertz CT molecular complexity index is 698. The Balaban J connectivity index is 2.14. The van der Waals surface area contributed by atoms with Crippen molar-refractivity contribution < 1.29 is 4.39 Å². The van der Waals surface area contributed by atoms with Gasteiger partial charge >= 0.3 is 0 Å². The molecule has 2 rings (SSSR count). The van der Waals surface area contributed by atoms with E-state index >= 15 is 0 Å². The number of rotatable bonds is 4. The quantitative estimate of drug-likeness (QED) is 0.760. The number of thiocarbonyl (C=S) groups is 1. The fraction of sp³-hybridized carbons (Fsp3) is 0.316. The van der Waals surface area contributed by atoms with Crippen LogP contribution < -0.4 is 10.6 Å². The van der Waals surface area contributed by atoms with Crippen molar-refractivity contribution >= 4 is 23.0 Å². The summed E-state index contributed by atoms with van der Waals surface area (Å²) in [6.45, 7) is 8.51. The molecule has 0 fully saturated rings. The van der Waals surface area contributed by atoms with Crippen LogP contribution in [-0.4, -0.2) is 5.11 Å². The second-order valence-electron chi connectivity index (χ2n) is 6.19. The van der Waals surface area contributed by atoms with E-state index in [0.717, 1.165) is 0 Å². The van der Waals surface area contributed by atoms with Crippen LogP contribution in [0.3, 0.4) is 0 Å². The van der Waals surface area contributed by atoms with E-state index in [1.807, 2.05) is 0 Å². The minimum absolute atomic E-state index is 0.101. The van der Waals surface area contributed by atoms with Crippen LogP contribution in [0.5, 0.6) is 0 Å². The van der Waals surface area contributed by atoms with Gasteiger partial charge in [-0.2, -0.15) is 0 Å². The molecule has 0 saturated carbocycles. The zero-order valence-electron chi connectivity index (χ0n) is 14.0. The fourth-order valence-corrected chi connectivity index (χ4v) is 2.90. The van der Waals surface area contributed by atoms with Gasteiger partial charge in [-0.25, -0.2) is 4.39 Å². The minimum Gasteiger partial charge on any atom is -0.355 e. The molecule has 2 nitrogen and oxygen atoms in total. The lowest BCUT2D eigenvalue weighted by atomic mass is 9.92. The molecule has 0 heterocycles. The average molecular weight is 330 g/mol. The molecule has 0 amide bonds. The topological polar surface area (TPSA) is 24.1 Å². The van der Waals surface area contributed by atoms with Gasteiger partial charge in [0.05, 0.1) is 6.04 Å². The van der Waals surface area contributed by atoms with E-state index in [-0.39, 0.29) is 11.9 Å². The molecule has 122 valence electrons. The molecule has 4 heteroatoms. The lowest BCUT2D eigenvalue weighted by Gasteiger charge is -2.26. The summed E-state index contributed by atoms with van der Waals surface area (Å²) in [5.41, 5.74) is 4.36. The van der Waals surface area contributed by atoms with Crippen LogP contribution in [0.2, 0.25) is 0 Å². The van der Waals surface area contributed by atoms with Crippen LogP contribution in [0.25, 0.3) is 0 Å². The molecule has 0 radical (unpaired) electrons. The SMILES string of the molecule is Cc1ccc(C(NC(=S)Nc2cccc(F)c2)C(C)C)c(C)c1. The highest BCUT2D eigenvalue weighted by Crippen LogP contribution is 2.25. The fourth-order valence-electron chi connectivity index (χ4n) is 2.65. The summed E-state index contributed by atoms with van der Waals surface area (Å²) in [7, 11) is 0.